The number of carbonyl (C=O) groups is 7. The van der Waals surface area contributed by atoms with Gasteiger partial charge in [0, 0.05) is 107 Å². The number of piperidine rings is 1. The number of H-pyrrole nitrogens is 1. The van der Waals surface area contributed by atoms with E-state index in [1.54, 1.807) is 12.1 Å². The number of anilines is 1. The fourth-order valence-corrected chi connectivity index (χ4v) is 11.0. The van der Waals surface area contributed by atoms with Crippen LogP contribution in [-0.2, 0) is 56.0 Å². The van der Waals surface area contributed by atoms with Gasteiger partial charge in [0.2, 0.25) is 23.6 Å². The third kappa shape index (κ3) is 16.7. The van der Waals surface area contributed by atoms with Crippen molar-refractivity contribution < 1.29 is 62.0 Å². The minimum Gasteiger partial charge on any atom is -0.493 e. The molecule has 4 aliphatic rings. The molecule has 0 aliphatic carbocycles. The van der Waals surface area contributed by atoms with E-state index in [2.05, 4.69) is 68.0 Å². The summed E-state index contributed by atoms with van der Waals surface area (Å²) in [6.45, 7) is 16.9. The molecule has 3 aromatic carbocycles. The summed E-state index contributed by atoms with van der Waals surface area (Å²) < 4.78 is 33.9. The lowest BCUT2D eigenvalue weighted by Crippen LogP contribution is -2.54. The van der Waals surface area contributed by atoms with Crippen molar-refractivity contribution in [3.63, 3.8) is 0 Å². The van der Waals surface area contributed by atoms with Crippen LogP contribution in [-0.4, -0.2) is 185 Å². The second kappa shape index (κ2) is 31.0. The summed E-state index contributed by atoms with van der Waals surface area (Å²) in [7, 11) is 0. The Balaban J connectivity index is 0.649. The van der Waals surface area contributed by atoms with Gasteiger partial charge in [-0.2, -0.15) is 0 Å². The van der Waals surface area contributed by atoms with Gasteiger partial charge in [0.1, 0.15) is 11.8 Å². The number of imide groups is 2. The lowest BCUT2D eigenvalue weighted by molar-refractivity contribution is -0.136. The van der Waals surface area contributed by atoms with Gasteiger partial charge in [0.25, 0.3) is 23.3 Å². The molecule has 22 nitrogen and oxygen atoms in total. The Kier molecular flexibility index (Phi) is 23.1. The SMILES string of the molecule is CCN(c1cc(-c2ccc(CN3CCN(C(=O)CCOCCOCCOCCOCCC(=O)NCCCOc4cccc5c4C(=O)N(C4CCC(=O)NC4=O)C5=O)CC3)cc2)cc(C(=O)NCc2c(C)cc(C)[nH]c2=O)c1C)C1CCOCC1. The maximum absolute atomic E-state index is 14.0. The summed E-state index contributed by atoms with van der Waals surface area (Å²) in [5.41, 5.74) is 7.76. The first-order valence-corrected chi connectivity index (χ1v) is 29.3. The van der Waals surface area contributed by atoms with Crippen LogP contribution in [0.15, 0.2) is 65.5 Å². The highest BCUT2D eigenvalue weighted by atomic mass is 16.6. The lowest BCUT2D eigenvalue weighted by atomic mass is 9.94. The number of fused-ring (bicyclic) bond motifs is 1. The molecule has 5 heterocycles. The monoisotopic (exact) mass is 1160 g/mol. The number of aryl methyl sites for hydroxylation is 2. The molecule has 0 saturated carbocycles. The molecule has 7 amide bonds. The van der Waals surface area contributed by atoms with Gasteiger partial charge >= 0.3 is 0 Å². The second-order valence-corrected chi connectivity index (χ2v) is 21.4. The summed E-state index contributed by atoms with van der Waals surface area (Å²) in [6, 6.07) is 18.5. The van der Waals surface area contributed by atoms with Crippen molar-refractivity contribution in [1.82, 2.24) is 35.6 Å². The van der Waals surface area contributed by atoms with Gasteiger partial charge in [-0.25, -0.2) is 0 Å². The maximum Gasteiger partial charge on any atom is 0.266 e. The Bertz CT molecular complexity index is 3030. The van der Waals surface area contributed by atoms with E-state index >= 15 is 0 Å². The Morgan fingerprint density at radius 2 is 1.42 bits per heavy atom. The van der Waals surface area contributed by atoms with Gasteiger partial charge in [-0.15, -0.1) is 0 Å². The Morgan fingerprint density at radius 3 is 2.08 bits per heavy atom. The van der Waals surface area contributed by atoms with E-state index in [4.69, 9.17) is 28.4 Å². The van der Waals surface area contributed by atoms with Crippen LogP contribution < -0.4 is 31.1 Å². The molecule has 22 heteroatoms. The first-order valence-electron chi connectivity index (χ1n) is 29.3. The molecule has 0 spiro atoms. The van der Waals surface area contributed by atoms with Crippen molar-refractivity contribution in [1.29, 1.82) is 0 Å². The zero-order valence-electron chi connectivity index (χ0n) is 48.8. The number of aromatic amines is 1. The zero-order chi connectivity index (χ0) is 59.5. The van der Waals surface area contributed by atoms with E-state index in [0.717, 1.165) is 83.1 Å². The minimum atomic E-state index is -1.07. The fourth-order valence-electron chi connectivity index (χ4n) is 11.0. The highest BCUT2D eigenvalue weighted by molar-refractivity contribution is 6.24. The second-order valence-electron chi connectivity index (χ2n) is 21.4. The predicted octanol–water partition coefficient (Wildman–Crippen LogP) is 4.38. The number of aromatic nitrogens is 1. The number of hydrogen-bond donors (Lipinski definition) is 4. The van der Waals surface area contributed by atoms with Gasteiger partial charge in [-0.1, -0.05) is 30.3 Å². The smallest absolute Gasteiger partial charge is 0.266 e. The molecule has 4 aromatic rings. The summed E-state index contributed by atoms with van der Waals surface area (Å²) in [4.78, 5) is 113. The number of nitrogens with zero attached hydrogens (tertiary/aromatic N) is 4. The van der Waals surface area contributed by atoms with Crippen molar-refractivity contribution >= 4 is 47.0 Å². The molecule has 8 rings (SSSR count). The zero-order valence-corrected chi connectivity index (χ0v) is 48.8. The quantitative estimate of drug-likeness (QED) is 0.0417. The lowest BCUT2D eigenvalue weighted by Gasteiger charge is -2.37. The van der Waals surface area contributed by atoms with Crippen molar-refractivity contribution in [2.24, 2.45) is 0 Å². The number of benzene rings is 3. The number of carbonyl (C=O) groups excluding carboxylic acids is 7. The molecule has 4 N–H and O–H groups in total. The van der Waals surface area contributed by atoms with Crippen molar-refractivity contribution in [3.8, 4) is 16.9 Å². The topological polar surface area (TPSA) is 257 Å². The molecular weight excluding hydrogens is 1080 g/mol. The van der Waals surface area contributed by atoms with E-state index in [0.29, 0.717) is 109 Å². The van der Waals surface area contributed by atoms with Crippen LogP contribution in [0, 0.1) is 20.8 Å². The standard InChI is InChI=1S/C62H80N8O14/c1-5-69(47-16-26-79-27-17-47)52-38-46(37-49(43(52)4)58(74)64-39-50-41(2)36-42(3)65-59(50)75)45-12-10-44(11-13-45)40-67-21-23-68(24-22-67)56(73)19-29-81-31-33-83-35-34-82-32-30-80-28-18-54(71)63-20-7-25-84-53-9-6-8-48-57(53)62(78)70(61(48)77)51-14-15-55(72)66-60(51)76/h6,8-13,36-38,47,51H,5,7,14-35,39-40H2,1-4H3,(H,63,71)(H,64,74)(H,65,75)(H,66,72,76). The van der Waals surface area contributed by atoms with Gasteiger partial charge in [-0.3, -0.25) is 53.5 Å². The van der Waals surface area contributed by atoms with Crippen LogP contribution in [0.4, 0.5) is 5.69 Å². The van der Waals surface area contributed by atoms with Crippen LogP contribution in [0.2, 0.25) is 0 Å². The fraction of sp³-hybridized carbons (Fsp3) is 0.516. The number of ether oxygens (including phenoxy) is 6. The van der Waals surface area contributed by atoms with E-state index in [1.165, 1.54) is 6.07 Å². The number of piperazine rings is 1. The third-order valence-corrected chi connectivity index (χ3v) is 15.6. The van der Waals surface area contributed by atoms with Gasteiger partial charge in [0.15, 0.2) is 0 Å². The maximum atomic E-state index is 14.0. The third-order valence-electron chi connectivity index (χ3n) is 15.6. The molecule has 4 aliphatic heterocycles. The van der Waals surface area contributed by atoms with Gasteiger partial charge < -0.3 is 53.8 Å². The molecule has 84 heavy (non-hydrogen) atoms. The highest BCUT2D eigenvalue weighted by Crippen LogP contribution is 2.36. The van der Waals surface area contributed by atoms with E-state index in [-0.39, 0.29) is 79.2 Å². The number of pyridine rings is 1. The Labute approximate surface area is 490 Å². The molecule has 3 fully saturated rings. The van der Waals surface area contributed by atoms with Crippen LogP contribution in [0.3, 0.4) is 0 Å². The number of rotatable bonds is 30. The van der Waals surface area contributed by atoms with Crippen LogP contribution >= 0.6 is 0 Å². The molecule has 1 aromatic heterocycles. The first-order chi connectivity index (χ1) is 40.7. The van der Waals surface area contributed by atoms with Crippen LogP contribution in [0.1, 0.15) is 111 Å². The van der Waals surface area contributed by atoms with Crippen LogP contribution in [0.25, 0.3) is 11.1 Å². The number of amides is 7. The van der Waals surface area contributed by atoms with Crippen molar-refractivity contribution in [2.75, 3.05) is 117 Å². The molecule has 1 atom stereocenters. The Morgan fingerprint density at radius 1 is 0.738 bits per heavy atom. The molecule has 3 saturated heterocycles. The first kappa shape index (κ1) is 62.7. The highest BCUT2D eigenvalue weighted by Gasteiger charge is 2.46. The predicted molar refractivity (Wildman–Crippen MR) is 312 cm³/mol. The molecule has 452 valence electrons. The van der Waals surface area contributed by atoms with E-state index < -0.39 is 29.7 Å². The largest absolute Gasteiger partial charge is 0.493 e. The summed E-state index contributed by atoms with van der Waals surface area (Å²) in [5, 5.41) is 8.02. The number of hydrogen-bond acceptors (Lipinski definition) is 16. The van der Waals surface area contributed by atoms with E-state index in [1.807, 2.05) is 37.8 Å². The normalized spacial score (nSPS) is 16.6. The molecule has 1 unspecified atom stereocenters. The average Bonchev–Trinajstić information content (AvgIpc) is 2.03. The molecule has 0 bridgehead atoms. The average molecular weight is 1160 g/mol. The Hall–Kier alpha value is -7.34. The number of nitrogens with one attached hydrogen (secondary N) is 4. The molecular formula is C62H80N8O14. The van der Waals surface area contributed by atoms with E-state index in [9.17, 15) is 38.4 Å². The van der Waals surface area contributed by atoms with Crippen molar-refractivity contribution in [3.05, 3.63) is 116 Å². The minimum absolute atomic E-state index is 0.0273. The summed E-state index contributed by atoms with van der Waals surface area (Å²) in [5.74, 6) is -2.54. The summed E-state index contributed by atoms with van der Waals surface area (Å²) in [6.07, 6.45) is 2.80. The van der Waals surface area contributed by atoms with Gasteiger partial charge in [0.05, 0.1) is 77.0 Å². The summed E-state index contributed by atoms with van der Waals surface area (Å²) >= 11 is 0. The van der Waals surface area contributed by atoms with Crippen molar-refractivity contribution in [2.45, 2.75) is 97.8 Å². The van der Waals surface area contributed by atoms with Crippen LogP contribution in [0.5, 0.6) is 5.75 Å². The van der Waals surface area contributed by atoms with Gasteiger partial charge in [-0.05, 0) is 112 Å². The molecule has 0 radical (unpaired) electrons.